The largest absolute Gasteiger partial charge is 0.508 e. The maximum absolute atomic E-state index is 12.6. The number of carboxylic acid groups (broad SMARTS) is 1. The molecule has 13 heteroatoms. The number of guanidine groups is 1. The first kappa shape index (κ1) is 27.2. The van der Waals surface area contributed by atoms with Crippen LogP contribution in [0.15, 0.2) is 29.3 Å². The first-order valence-electron chi connectivity index (χ1n) is 10.2. The Labute approximate surface area is 190 Å². The van der Waals surface area contributed by atoms with Gasteiger partial charge in [-0.3, -0.25) is 24.2 Å². The highest BCUT2D eigenvalue weighted by atomic mass is 16.4. The molecule has 0 aliphatic rings. The number of carbonyl (C=O) groups is 4. The van der Waals surface area contributed by atoms with E-state index in [-0.39, 0.29) is 24.6 Å². The normalized spacial score (nSPS) is 13.2. The lowest BCUT2D eigenvalue weighted by Gasteiger charge is -2.22. The summed E-state index contributed by atoms with van der Waals surface area (Å²) in [5.74, 6) is -3.22. The molecular weight excluding hydrogens is 434 g/mol. The average molecular weight is 466 g/mol. The highest BCUT2D eigenvalue weighted by molar-refractivity contribution is 5.93. The lowest BCUT2D eigenvalue weighted by atomic mass is 10.0. The standard InChI is InChI=1S/C20H31N7O6/c1-11(26-18(32)14(21)3-2-8-24-20(22)23)17(31)27-15(19(33)25-10-16(29)30)9-12-4-6-13(28)7-5-12/h4-7,11,14-15,28H,2-3,8-10,21H2,1H3,(H,25,33)(H,26,32)(H,27,31)(H,29,30)(H4,22,23,24). The Morgan fingerprint density at radius 1 is 1.03 bits per heavy atom. The first-order valence-corrected chi connectivity index (χ1v) is 10.2. The zero-order valence-electron chi connectivity index (χ0n) is 18.3. The second kappa shape index (κ2) is 13.5. The van der Waals surface area contributed by atoms with Crippen LogP contribution < -0.4 is 33.2 Å². The van der Waals surface area contributed by atoms with Crippen molar-refractivity contribution in [2.24, 2.45) is 22.2 Å². The molecule has 3 atom stereocenters. The zero-order valence-corrected chi connectivity index (χ0v) is 18.3. The van der Waals surface area contributed by atoms with E-state index in [1.54, 1.807) is 12.1 Å². The molecule has 0 fully saturated rings. The summed E-state index contributed by atoms with van der Waals surface area (Å²) in [6.07, 6.45) is 0.784. The van der Waals surface area contributed by atoms with Gasteiger partial charge in [0.05, 0.1) is 6.04 Å². The molecule has 1 aromatic rings. The van der Waals surface area contributed by atoms with Gasteiger partial charge in [-0.05, 0) is 37.5 Å². The quantitative estimate of drug-likeness (QED) is 0.0872. The number of nitrogens with one attached hydrogen (secondary N) is 3. The van der Waals surface area contributed by atoms with Crippen molar-refractivity contribution in [2.45, 2.75) is 44.3 Å². The van der Waals surface area contributed by atoms with Gasteiger partial charge in [0, 0.05) is 13.0 Å². The molecule has 182 valence electrons. The van der Waals surface area contributed by atoms with Crippen molar-refractivity contribution >= 4 is 29.7 Å². The smallest absolute Gasteiger partial charge is 0.322 e. The van der Waals surface area contributed by atoms with Crippen molar-refractivity contribution in [2.75, 3.05) is 13.1 Å². The first-order chi connectivity index (χ1) is 15.5. The summed E-state index contributed by atoms with van der Waals surface area (Å²) in [5, 5.41) is 25.4. The van der Waals surface area contributed by atoms with Crippen molar-refractivity contribution in [1.82, 2.24) is 16.0 Å². The van der Waals surface area contributed by atoms with Crippen LogP contribution >= 0.6 is 0 Å². The summed E-state index contributed by atoms with van der Waals surface area (Å²) in [4.78, 5) is 51.8. The van der Waals surface area contributed by atoms with Gasteiger partial charge >= 0.3 is 5.97 Å². The van der Waals surface area contributed by atoms with Crippen molar-refractivity contribution in [1.29, 1.82) is 0 Å². The Kier molecular flexibility index (Phi) is 11.1. The van der Waals surface area contributed by atoms with Gasteiger partial charge < -0.3 is 43.4 Å². The summed E-state index contributed by atoms with van der Waals surface area (Å²) in [7, 11) is 0. The summed E-state index contributed by atoms with van der Waals surface area (Å²) < 4.78 is 0. The van der Waals surface area contributed by atoms with E-state index in [0.717, 1.165) is 0 Å². The van der Waals surface area contributed by atoms with Crippen LogP contribution in [-0.2, 0) is 25.6 Å². The number of carboxylic acids is 1. The third-order valence-electron chi connectivity index (χ3n) is 4.48. The van der Waals surface area contributed by atoms with Crippen LogP contribution in [0.4, 0.5) is 0 Å². The van der Waals surface area contributed by atoms with Crippen LogP contribution in [0.5, 0.6) is 5.75 Å². The third-order valence-corrected chi connectivity index (χ3v) is 4.48. The summed E-state index contributed by atoms with van der Waals surface area (Å²) in [6.45, 7) is 1.11. The molecule has 0 aromatic heterocycles. The highest BCUT2D eigenvalue weighted by Gasteiger charge is 2.26. The molecule has 1 rings (SSSR count). The van der Waals surface area contributed by atoms with Crippen molar-refractivity contribution in [3.05, 3.63) is 29.8 Å². The molecule has 0 bridgehead atoms. The Morgan fingerprint density at radius 3 is 2.24 bits per heavy atom. The molecule has 1 aromatic carbocycles. The summed E-state index contributed by atoms with van der Waals surface area (Å²) in [6, 6.07) is 2.93. The molecule has 3 amide bonds. The van der Waals surface area contributed by atoms with Crippen LogP contribution in [0, 0.1) is 0 Å². The van der Waals surface area contributed by atoms with Crippen LogP contribution in [0.2, 0.25) is 0 Å². The summed E-state index contributed by atoms with van der Waals surface area (Å²) in [5.41, 5.74) is 16.9. The van der Waals surface area contributed by atoms with Gasteiger partial charge in [0.25, 0.3) is 0 Å². The van der Waals surface area contributed by atoms with Gasteiger partial charge in [0.1, 0.15) is 24.4 Å². The van der Waals surface area contributed by atoms with Crippen molar-refractivity contribution in [3.8, 4) is 5.75 Å². The molecular formula is C20H31N7O6. The number of aliphatic imine (C=N–C) groups is 1. The number of nitrogens with two attached hydrogens (primary N) is 3. The van der Waals surface area contributed by atoms with Gasteiger partial charge in [0.15, 0.2) is 5.96 Å². The molecule has 0 saturated carbocycles. The Balaban J connectivity index is 2.72. The number of aliphatic carboxylic acids is 1. The minimum atomic E-state index is -1.24. The average Bonchev–Trinajstić information content (AvgIpc) is 2.75. The number of hydrogen-bond donors (Lipinski definition) is 8. The minimum absolute atomic E-state index is 0.0284. The number of aromatic hydroxyl groups is 1. The number of carbonyl (C=O) groups excluding carboxylic acids is 3. The molecule has 0 spiro atoms. The monoisotopic (exact) mass is 465 g/mol. The molecule has 0 radical (unpaired) electrons. The lowest BCUT2D eigenvalue weighted by Crippen LogP contribution is -2.55. The molecule has 33 heavy (non-hydrogen) atoms. The fourth-order valence-corrected chi connectivity index (χ4v) is 2.70. The Bertz CT molecular complexity index is 855. The lowest BCUT2D eigenvalue weighted by molar-refractivity contribution is -0.138. The van der Waals surface area contributed by atoms with Gasteiger partial charge in [-0.2, -0.15) is 0 Å². The maximum atomic E-state index is 12.6. The number of phenols is 1. The van der Waals surface area contributed by atoms with E-state index in [2.05, 4.69) is 20.9 Å². The predicted octanol–water partition coefficient (Wildman–Crippen LogP) is -2.49. The second-order valence-electron chi connectivity index (χ2n) is 7.33. The van der Waals surface area contributed by atoms with Crippen LogP contribution in [-0.4, -0.2) is 71.1 Å². The predicted molar refractivity (Wildman–Crippen MR) is 120 cm³/mol. The van der Waals surface area contributed by atoms with Crippen LogP contribution in [0.1, 0.15) is 25.3 Å². The van der Waals surface area contributed by atoms with Gasteiger partial charge in [-0.1, -0.05) is 12.1 Å². The van der Waals surface area contributed by atoms with E-state index in [9.17, 15) is 24.3 Å². The number of amides is 3. The summed E-state index contributed by atoms with van der Waals surface area (Å²) >= 11 is 0. The molecule has 0 aliphatic heterocycles. The van der Waals surface area contributed by atoms with E-state index in [4.69, 9.17) is 22.3 Å². The van der Waals surface area contributed by atoms with Crippen LogP contribution in [0.3, 0.4) is 0 Å². The van der Waals surface area contributed by atoms with Gasteiger partial charge in [-0.25, -0.2) is 0 Å². The maximum Gasteiger partial charge on any atom is 0.322 e. The third kappa shape index (κ3) is 10.8. The number of rotatable bonds is 13. The Morgan fingerprint density at radius 2 is 1.67 bits per heavy atom. The van der Waals surface area contributed by atoms with Gasteiger partial charge in [-0.15, -0.1) is 0 Å². The second-order valence-corrected chi connectivity index (χ2v) is 7.33. The fraction of sp³-hybridized carbons (Fsp3) is 0.450. The zero-order chi connectivity index (χ0) is 25.0. The highest BCUT2D eigenvalue weighted by Crippen LogP contribution is 2.11. The molecule has 3 unspecified atom stereocenters. The van der Waals surface area contributed by atoms with Crippen molar-refractivity contribution < 1.29 is 29.4 Å². The minimum Gasteiger partial charge on any atom is -0.508 e. The number of benzene rings is 1. The van der Waals surface area contributed by atoms with E-state index in [1.807, 2.05) is 0 Å². The number of hydrogen-bond acceptors (Lipinski definition) is 7. The molecule has 0 heterocycles. The van der Waals surface area contributed by atoms with E-state index < -0.39 is 48.4 Å². The molecule has 0 saturated heterocycles. The number of nitrogens with zero attached hydrogens (tertiary/aromatic N) is 1. The van der Waals surface area contributed by atoms with E-state index in [0.29, 0.717) is 18.5 Å². The fourth-order valence-electron chi connectivity index (χ4n) is 2.70. The van der Waals surface area contributed by atoms with E-state index in [1.165, 1.54) is 19.1 Å². The molecule has 0 aliphatic carbocycles. The van der Waals surface area contributed by atoms with Crippen LogP contribution in [0.25, 0.3) is 0 Å². The van der Waals surface area contributed by atoms with Gasteiger partial charge in [0.2, 0.25) is 17.7 Å². The SMILES string of the molecule is CC(NC(=O)C(N)CCCN=C(N)N)C(=O)NC(Cc1ccc(O)cc1)C(=O)NCC(=O)O. The number of phenolic OH excluding ortho intramolecular Hbond substituents is 1. The molecule has 13 nitrogen and oxygen atoms in total. The van der Waals surface area contributed by atoms with Crippen molar-refractivity contribution in [3.63, 3.8) is 0 Å². The topological polar surface area (TPSA) is 235 Å². The molecule has 11 N–H and O–H groups in total. The van der Waals surface area contributed by atoms with E-state index >= 15 is 0 Å². The Hall–Kier alpha value is -3.87.